The summed E-state index contributed by atoms with van der Waals surface area (Å²) >= 11 is 1.40. The Morgan fingerprint density at radius 1 is 1.00 bits per heavy atom. The number of hydrogen-bond acceptors (Lipinski definition) is 4. The monoisotopic (exact) mass is 442 g/mol. The van der Waals surface area contributed by atoms with E-state index >= 15 is 0 Å². The first-order valence-corrected chi connectivity index (χ1v) is 11.4. The molecule has 3 aromatic rings. The Bertz CT molecular complexity index is 1190. The molecule has 4 nitrogen and oxygen atoms in total. The number of amides is 1. The first kappa shape index (κ1) is 21.9. The molecule has 1 saturated heterocycles. The second kappa shape index (κ2) is 9.45. The third-order valence-corrected chi connectivity index (χ3v) is 6.30. The molecular formula is C27H26N2O2S. The number of carbonyl (C=O) groups excluding carboxylic acids is 1. The molecule has 0 unspecified atom stereocenters. The van der Waals surface area contributed by atoms with Crippen molar-refractivity contribution < 1.29 is 9.53 Å². The van der Waals surface area contributed by atoms with Crippen molar-refractivity contribution in [1.82, 2.24) is 0 Å². The zero-order chi connectivity index (χ0) is 22.7. The van der Waals surface area contributed by atoms with Crippen LogP contribution < -0.4 is 9.64 Å². The number of para-hydroxylation sites is 2. The van der Waals surface area contributed by atoms with E-state index in [2.05, 4.69) is 19.9 Å². The smallest absolute Gasteiger partial charge is 0.271 e. The van der Waals surface area contributed by atoms with Crippen molar-refractivity contribution in [2.24, 2.45) is 4.99 Å². The molecule has 0 bridgehead atoms. The third kappa shape index (κ3) is 4.48. The number of aryl methyl sites for hydroxylation is 1. The van der Waals surface area contributed by atoms with Crippen molar-refractivity contribution >= 4 is 40.3 Å². The van der Waals surface area contributed by atoms with Gasteiger partial charge in [0.2, 0.25) is 0 Å². The van der Waals surface area contributed by atoms with Gasteiger partial charge in [-0.2, -0.15) is 0 Å². The molecular weight excluding hydrogens is 416 g/mol. The maximum absolute atomic E-state index is 13.5. The molecule has 5 heteroatoms. The van der Waals surface area contributed by atoms with Crippen molar-refractivity contribution in [3.8, 4) is 5.75 Å². The van der Waals surface area contributed by atoms with Crippen LogP contribution in [-0.2, 0) is 4.79 Å². The van der Waals surface area contributed by atoms with Crippen molar-refractivity contribution in [2.75, 3.05) is 12.0 Å². The predicted molar refractivity (Wildman–Crippen MR) is 135 cm³/mol. The van der Waals surface area contributed by atoms with E-state index in [4.69, 9.17) is 9.73 Å². The molecule has 0 aromatic heterocycles. The zero-order valence-corrected chi connectivity index (χ0v) is 19.5. The van der Waals surface area contributed by atoms with Crippen molar-refractivity contribution in [3.05, 3.63) is 94.4 Å². The van der Waals surface area contributed by atoms with Gasteiger partial charge in [-0.3, -0.25) is 9.69 Å². The number of carbonyl (C=O) groups is 1. The van der Waals surface area contributed by atoms with E-state index < -0.39 is 0 Å². The Hall–Kier alpha value is -3.31. The fourth-order valence-electron chi connectivity index (χ4n) is 3.61. The standard InChI is InChI=1S/C27H26N2O2S/c1-18(2)23-16-20(19(3)15-24(23)31-4)17-25-26(30)29(22-13-9-6-10-14-22)27(32-25)28-21-11-7-5-8-12-21/h5-18H,1-4H3/b25-17-,28-27?. The van der Waals surface area contributed by atoms with Gasteiger partial charge in [-0.15, -0.1) is 0 Å². The second-order valence-electron chi connectivity index (χ2n) is 7.92. The van der Waals surface area contributed by atoms with Crippen LogP contribution in [0.25, 0.3) is 6.08 Å². The molecule has 1 aliphatic rings. The number of hydrogen-bond donors (Lipinski definition) is 0. The SMILES string of the molecule is COc1cc(C)c(/C=C2\SC(=Nc3ccccc3)N(c3ccccc3)C2=O)cc1C(C)C. The summed E-state index contributed by atoms with van der Waals surface area (Å²) in [4.78, 5) is 20.6. The summed E-state index contributed by atoms with van der Waals surface area (Å²) in [5.74, 6) is 1.12. The maximum Gasteiger partial charge on any atom is 0.271 e. The van der Waals surface area contributed by atoms with Gasteiger partial charge in [-0.1, -0.05) is 50.2 Å². The van der Waals surface area contributed by atoms with Crippen LogP contribution in [0.15, 0.2) is 82.7 Å². The van der Waals surface area contributed by atoms with Crippen LogP contribution in [0.4, 0.5) is 11.4 Å². The Morgan fingerprint density at radius 3 is 2.28 bits per heavy atom. The second-order valence-corrected chi connectivity index (χ2v) is 8.93. The molecule has 1 heterocycles. The minimum atomic E-state index is -0.0720. The summed E-state index contributed by atoms with van der Waals surface area (Å²) < 4.78 is 5.57. The molecule has 1 amide bonds. The molecule has 0 N–H and O–H groups in total. The average Bonchev–Trinajstić information content (AvgIpc) is 3.10. The Labute approximate surface area is 193 Å². The highest BCUT2D eigenvalue weighted by Crippen LogP contribution is 2.38. The lowest BCUT2D eigenvalue weighted by Gasteiger charge is -2.16. The number of amidine groups is 1. The summed E-state index contributed by atoms with van der Waals surface area (Å²) in [6.45, 7) is 6.32. The number of nitrogens with zero attached hydrogens (tertiary/aromatic N) is 2. The van der Waals surface area contributed by atoms with Gasteiger partial charge in [-0.05, 0) is 83.8 Å². The molecule has 0 saturated carbocycles. The number of rotatable bonds is 5. The highest BCUT2D eigenvalue weighted by atomic mass is 32.2. The topological polar surface area (TPSA) is 41.9 Å². The Morgan fingerprint density at radius 2 is 1.66 bits per heavy atom. The highest BCUT2D eigenvalue weighted by Gasteiger charge is 2.34. The highest BCUT2D eigenvalue weighted by molar-refractivity contribution is 8.19. The fourth-order valence-corrected chi connectivity index (χ4v) is 4.60. The molecule has 0 spiro atoms. The average molecular weight is 443 g/mol. The van der Waals surface area contributed by atoms with E-state index in [1.54, 1.807) is 12.0 Å². The number of benzene rings is 3. The normalized spacial score (nSPS) is 16.4. The summed E-state index contributed by atoms with van der Waals surface area (Å²) in [5.41, 5.74) is 4.81. The van der Waals surface area contributed by atoms with Gasteiger partial charge >= 0.3 is 0 Å². The summed E-state index contributed by atoms with van der Waals surface area (Å²) in [5, 5.41) is 0.647. The largest absolute Gasteiger partial charge is 0.496 e. The van der Waals surface area contributed by atoms with Crippen LogP contribution in [0.1, 0.15) is 36.5 Å². The van der Waals surface area contributed by atoms with Crippen LogP contribution in [0.3, 0.4) is 0 Å². The van der Waals surface area contributed by atoms with Crippen LogP contribution in [0.2, 0.25) is 0 Å². The first-order valence-electron chi connectivity index (χ1n) is 10.6. The molecule has 4 rings (SSSR count). The van der Waals surface area contributed by atoms with E-state index in [-0.39, 0.29) is 5.91 Å². The fraction of sp³-hybridized carbons (Fsp3) is 0.185. The third-order valence-electron chi connectivity index (χ3n) is 5.33. The molecule has 0 atom stereocenters. The van der Waals surface area contributed by atoms with E-state index in [9.17, 15) is 4.79 Å². The molecule has 1 aliphatic heterocycles. The van der Waals surface area contributed by atoms with Crippen LogP contribution >= 0.6 is 11.8 Å². The summed E-state index contributed by atoms with van der Waals surface area (Å²) in [6, 6.07) is 23.5. The number of anilines is 1. The maximum atomic E-state index is 13.5. The van der Waals surface area contributed by atoms with Crippen molar-refractivity contribution in [1.29, 1.82) is 0 Å². The predicted octanol–water partition coefficient (Wildman–Crippen LogP) is 6.94. The lowest BCUT2D eigenvalue weighted by Crippen LogP contribution is -2.28. The van der Waals surface area contributed by atoms with Crippen LogP contribution in [-0.4, -0.2) is 18.2 Å². The number of ether oxygens (including phenoxy) is 1. The molecule has 1 fully saturated rings. The molecule has 3 aromatic carbocycles. The van der Waals surface area contributed by atoms with Gasteiger partial charge in [-0.25, -0.2) is 4.99 Å². The van der Waals surface area contributed by atoms with E-state index in [0.29, 0.717) is 16.0 Å². The number of methoxy groups -OCH3 is 1. The summed E-state index contributed by atoms with van der Waals surface area (Å²) in [7, 11) is 1.69. The van der Waals surface area contributed by atoms with Crippen LogP contribution in [0.5, 0.6) is 5.75 Å². The minimum Gasteiger partial charge on any atom is -0.496 e. The number of aliphatic imine (C=N–C) groups is 1. The summed E-state index contributed by atoms with van der Waals surface area (Å²) in [6.07, 6.45) is 1.97. The van der Waals surface area contributed by atoms with Crippen LogP contribution in [0, 0.1) is 6.92 Å². The van der Waals surface area contributed by atoms with Gasteiger partial charge in [0.25, 0.3) is 5.91 Å². The molecule has 0 radical (unpaired) electrons. The van der Waals surface area contributed by atoms with Gasteiger partial charge in [0.05, 0.1) is 23.4 Å². The Balaban J connectivity index is 1.79. The molecule has 32 heavy (non-hydrogen) atoms. The Kier molecular flexibility index (Phi) is 6.47. The minimum absolute atomic E-state index is 0.0720. The first-order chi connectivity index (χ1) is 15.5. The van der Waals surface area contributed by atoms with Gasteiger partial charge in [0, 0.05) is 0 Å². The van der Waals surface area contributed by atoms with Gasteiger partial charge in [0.1, 0.15) is 5.75 Å². The lowest BCUT2D eigenvalue weighted by atomic mass is 9.96. The van der Waals surface area contributed by atoms with Crippen molar-refractivity contribution in [3.63, 3.8) is 0 Å². The molecule has 162 valence electrons. The molecule has 0 aliphatic carbocycles. The van der Waals surface area contributed by atoms with Crippen molar-refractivity contribution in [2.45, 2.75) is 26.7 Å². The van der Waals surface area contributed by atoms with Gasteiger partial charge < -0.3 is 4.74 Å². The van der Waals surface area contributed by atoms with E-state index in [0.717, 1.165) is 33.8 Å². The van der Waals surface area contributed by atoms with Gasteiger partial charge in [0.15, 0.2) is 5.17 Å². The van der Waals surface area contributed by atoms with E-state index in [1.165, 1.54) is 11.8 Å². The number of thioether (sulfide) groups is 1. The lowest BCUT2D eigenvalue weighted by molar-refractivity contribution is -0.113. The quantitative estimate of drug-likeness (QED) is 0.402. The van der Waals surface area contributed by atoms with E-state index in [1.807, 2.05) is 79.7 Å². The zero-order valence-electron chi connectivity index (χ0n) is 18.7.